The average Bonchev–Trinajstić information content (AvgIpc) is 3.66. The minimum absolute atomic E-state index is 0.107. The van der Waals surface area contributed by atoms with Crippen molar-refractivity contribution >= 4 is 68.2 Å². The number of hydrogen-bond acceptors (Lipinski definition) is 5. The number of hydrogen-bond donors (Lipinski definition) is 4. The second kappa shape index (κ2) is 13.0. The molecule has 4 N–H and O–H groups in total. The van der Waals surface area contributed by atoms with E-state index >= 15 is 0 Å². The van der Waals surface area contributed by atoms with Gasteiger partial charge in [0, 0.05) is 52.6 Å². The van der Waals surface area contributed by atoms with E-state index in [-0.39, 0.29) is 31.3 Å². The summed E-state index contributed by atoms with van der Waals surface area (Å²) in [5, 5.41) is 11.9. The molecule has 3 aromatic heterocycles. The minimum Gasteiger partial charge on any atom is -0.395 e. The molecule has 1 amide bonds. The highest BCUT2D eigenvalue weighted by Gasteiger charge is 2.22. The molecule has 0 aliphatic carbocycles. The van der Waals surface area contributed by atoms with Crippen molar-refractivity contribution in [2.24, 2.45) is 0 Å². The number of aliphatic hydroxyl groups is 1. The molecule has 0 radical (unpaired) electrons. The summed E-state index contributed by atoms with van der Waals surface area (Å²) >= 11 is 0. The number of aromatic nitrogens is 4. The average molecular weight is 604 g/mol. The Hall–Kier alpha value is -4.82. The number of fused-ring (bicyclic) bond motifs is 8. The molecule has 0 saturated heterocycles. The van der Waals surface area contributed by atoms with Crippen molar-refractivity contribution in [3.05, 3.63) is 82.5 Å². The Kier molecular flexibility index (Phi) is 9.16. The standard InChI is InChI=1S/C37H41N5O3/c1-8-25-21(4)29-16-30-24(7)28(12-13-37(45)38-14-15-43)36(41-30)19-35-27(11-10-20(3)44)23(6)32(42-35)18-34-26(9-2)22(5)31(40-34)17-33(25)39-29/h8-9,16-19,39-40,43H,1-2,10-15H2,3-7H3,(H,38,45). The number of allylic oxidation sites excluding steroid dienone is 4. The number of amides is 1. The van der Waals surface area contributed by atoms with Crippen LogP contribution in [0, 0.1) is 13.8 Å². The van der Waals surface area contributed by atoms with Crippen LogP contribution >= 0.6 is 0 Å². The number of carbonyl (C=O) groups excluding carboxylic acids is 2. The molecule has 3 aromatic rings. The number of nitrogens with zero attached hydrogens (tertiary/aromatic N) is 2. The van der Waals surface area contributed by atoms with Crippen molar-refractivity contribution in [3.8, 4) is 0 Å². The Labute approximate surface area is 263 Å². The van der Waals surface area contributed by atoms with E-state index in [1.165, 1.54) is 0 Å². The monoisotopic (exact) mass is 603 g/mol. The van der Waals surface area contributed by atoms with E-state index < -0.39 is 0 Å². The highest BCUT2D eigenvalue weighted by atomic mass is 16.3. The van der Waals surface area contributed by atoms with Crippen molar-refractivity contribution < 1.29 is 14.7 Å². The molecule has 2 aliphatic rings. The van der Waals surface area contributed by atoms with Gasteiger partial charge in [0.05, 0.1) is 29.4 Å². The second-order valence-electron chi connectivity index (χ2n) is 11.7. The third kappa shape index (κ3) is 6.24. The molecule has 8 bridgehead atoms. The van der Waals surface area contributed by atoms with Gasteiger partial charge in [0.25, 0.3) is 0 Å². The molecule has 5 heterocycles. The van der Waals surface area contributed by atoms with E-state index in [1.807, 2.05) is 38.1 Å². The van der Waals surface area contributed by atoms with Gasteiger partial charge < -0.3 is 25.2 Å². The van der Waals surface area contributed by atoms with E-state index in [2.05, 4.69) is 54.4 Å². The minimum atomic E-state index is -0.129. The molecular weight excluding hydrogens is 562 g/mol. The molecular formula is C37H41N5O3. The Morgan fingerprint density at radius 1 is 0.756 bits per heavy atom. The van der Waals surface area contributed by atoms with Gasteiger partial charge in [0.2, 0.25) is 5.91 Å². The number of aliphatic hydroxyl groups excluding tert-OH is 1. The lowest BCUT2D eigenvalue weighted by molar-refractivity contribution is -0.121. The molecule has 0 atom stereocenters. The topological polar surface area (TPSA) is 124 Å². The third-order valence-corrected chi connectivity index (χ3v) is 8.80. The van der Waals surface area contributed by atoms with Crippen LogP contribution in [0.1, 0.15) is 91.5 Å². The van der Waals surface area contributed by atoms with E-state index in [1.54, 1.807) is 6.92 Å². The number of H-pyrrole nitrogens is 2. The molecule has 8 heteroatoms. The fourth-order valence-corrected chi connectivity index (χ4v) is 6.13. The number of ketones is 1. The zero-order chi connectivity index (χ0) is 32.4. The fourth-order valence-electron chi connectivity index (χ4n) is 6.13. The van der Waals surface area contributed by atoms with Crippen LogP contribution in [0.3, 0.4) is 0 Å². The van der Waals surface area contributed by atoms with Gasteiger partial charge in [0.15, 0.2) is 0 Å². The molecule has 0 fully saturated rings. The maximum absolute atomic E-state index is 12.5. The van der Waals surface area contributed by atoms with Crippen LogP contribution in [0.15, 0.2) is 37.4 Å². The van der Waals surface area contributed by atoms with E-state index in [9.17, 15) is 9.59 Å². The number of Topliss-reactive ketones (excluding diaryl/α,β-unsaturated/α-hetero) is 1. The lowest BCUT2D eigenvalue weighted by Gasteiger charge is -2.07. The molecule has 0 saturated carbocycles. The van der Waals surface area contributed by atoms with E-state index in [0.29, 0.717) is 19.3 Å². The highest BCUT2D eigenvalue weighted by Crippen LogP contribution is 2.38. The summed E-state index contributed by atoms with van der Waals surface area (Å²) in [6, 6.07) is 8.19. The molecule has 232 valence electrons. The number of carbonyl (C=O) groups is 2. The smallest absolute Gasteiger partial charge is 0.220 e. The fraction of sp³-hybridized carbons (Fsp3) is 0.297. The zero-order valence-corrected chi connectivity index (χ0v) is 26.8. The summed E-state index contributed by atoms with van der Waals surface area (Å²) in [5.41, 5.74) is 15.0. The summed E-state index contributed by atoms with van der Waals surface area (Å²) in [6.45, 7) is 18.1. The van der Waals surface area contributed by atoms with Crippen LogP contribution < -0.4 is 5.32 Å². The lowest BCUT2D eigenvalue weighted by Crippen LogP contribution is -2.26. The number of rotatable bonds is 10. The first kappa shape index (κ1) is 31.6. The predicted octanol–water partition coefficient (Wildman–Crippen LogP) is 7.34. The van der Waals surface area contributed by atoms with Gasteiger partial charge in [-0.3, -0.25) is 4.79 Å². The number of aryl methyl sites for hydroxylation is 2. The van der Waals surface area contributed by atoms with Gasteiger partial charge >= 0.3 is 0 Å². The Balaban J connectivity index is 1.85. The first-order valence-corrected chi connectivity index (χ1v) is 15.3. The maximum atomic E-state index is 12.5. The largest absolute Gasteiger partial charge is 0.395 e. The number of aromatic amines is 2. The quantitative estimate of drug-likeness (QED) is 0.193. The van der Waals surface area contributed by atoms with Crippen LogP contribution in [-0.4, -0.2) is 49.9 Å². The van der Waals surface area contributed by atoms with E-state index in [0.717, 1.165) is 89.4 Å². The number of nitrogens with one attached hydrogen (secondary N) is 3. The summed E-state index contributed by atoms with van der Waals surface area (Å²) in [6.07, 6.45) is 5.44. The van der Waals surface area contributed by atoms with Crippen molar-refractivity contribution in [2.75, 3.05) is 13.2 Å². The maximum Gasteiger partial charge on any atom is 0.220 e. The van der Waals surface area contributed by atoms with Crippen molar-refractivity contribution in [1.82, 2.24) is 25.3 Å². The highest BCUT2D eigenvalue weighted by molar-refractivity contribution is 5.97. The van der Waals surface area contributed by atoms with Crippen LogP contribution in [-0.2, 0) is 9.59 Å². The molecule has 0 spiro atoms. The summed E-state index contributed by atoms with van der Waals surface area (Å²) < 4.78 is 0. The Morgan fingerprint density at radius 2 is 1.24 bits per heavy atom. The van der Waals surface area contributed by atoms with Crippen molar-refractivity contribution in [2.45, 2.75) is 60.3 Å². The molecule has 2 aliphatic heterocycles. The molecule has 5 rings (SSSR count). The summed E-state index contributed by atoms with van der Waals surface area (Å²) in [7, 11) is 0. The molecule has 0 unspecified atom stereocenters. The summed E-state index contributed by atoms with van der Waals surface area (Å²) in [4.78, 5) is 41.9. The van der Waals surface area contributed by atoms with Crippen LogP contribution in [0.4, 0.5) is 0 Å². The van der Waals surface area contributed by atoms with Gasteiger partial charge in [-0.2, -0.15) is 0 Å². The Morgan fingerprint density at radius 3 is 1.76 bits per heavy atom. The van der Waals surface area contributed by atoms with Crippen LogP contribution in [0.2, 0.25) is 0 Å². The predicted molar refractivity (Wildman–Crippen MR) is 185 cm³/mol. The second-order valence-corrected chi connectivity index (χ2v) is 11.7. The van der Waals surface area contributed by atoms with Gasteiger partial charge in [-0.15, -0.1) is 0 Å². The van der Waals surface area contributed by atoms with Gasteiger partial charge in [-0.05, 0) is 105 Å². The lowest BCUT2D eigenvalue weighted by atomic mass is 9.97. The van der Waals surface area contributed by atoms with Crippen LogP contribution in [0.5, 0.6) is 0 Å². The normalized spacial score (nSPS) is 12.9. The van der Waals surface area contributed by atoms with Gasteiger partial charge in [-0.25, -0.2) is 9.97 Å². The third-order valence-electron chi connectivity index (χ3n) is 8.80. The van der Waals surface area contributed by atoms with Crippen LogP contribution in [0.25, 0.3) is 56.5 Å². The van der Waals surface area contributed by atoms with Gasteiger partial charge in [-0.1, -0.05) is 25.3 Å². The summed E-state index contributed by atoms with van der Waals surface area (Å²) in [5.74, 6) is -0.0111. The molecule has 8 nitrogen and oxygen atoms in total. The van der Waals surface area contributed by atoms with E-state index in [4.69, 9.17) is 15.1 Å². The Bertz CT molecular complexity index is 1970. The van der Waals surface area contributed by atoms with Gasteiger partial charge in [0.1, 0.15) is 5.78 Å². The van der Waals surface area contributed by atoms with Crippen molar-refractivity contribution in [3.63, 3.8) is 0 Å². The molecule has 45 heavy (non-hydrogen) atoms. The first-order chi connectivity index (χ1) is 21.6. The zero-order valence-electron chi connectivity index (χ0n) is 26.8. The molecule has 0 aromatic carbocycles. The first-order valence-electron chi connectivity index (χ1n) is 15.3. The van der Waals surface area contributed by atoms with Crippen molar-refractivity contribution in [1.29, 1.82) is 0 Å². The SMILES string of the molecule is C=Cc1c(C)c2cc3[nH]c(cc4nc(cc5nc(cc1[nH]2)C(C)=C5CCC(C)=O)C(CCC(=O)NCCO)=C4C)c(C)c3C=C.